The maximum atomic E-state index is 11.2. The summed E-state index contributed by atoms with van der Waals surface area (Å²) in [5.41, 5.74) is 5.38. The Morgan fingerprint density at radius 2 is 1.96 bits per heavy atom. The molecular weight excluding hydrogens is 443 g/mol. The number of piperazine rings is 1. The van der Waals surface area contributed by atoms with Crippen molar-refractivity contribution in [2.75, 3.05) is 59.4 Å². The van der Waals surface area contributed by atoms with Gasteiger partial charge >= 0.3 is 0 Å². The van der Waals surface area contributed by atoms with Crippen LogP contribution in [0.2, 0.25) is 0 Å². The Balaban J connectivity index is 0.00000338. The fourth-order valence-electron chi connectivity index (χ4n) is 3.73. The molecule has 152 valence electrons. The number of likely N-dealkylation sites (N-methyl/N-ethyl adjacent to an activating group) is 1. The highest BCUT2D eigenvalue weighted by Gasteiger charge is 2.24. The number of guanidine groups is 1. The van der Waals surface area contributed by atoms with Crippen LogP contribution in [0.5, 0.6) is 0 Å². The molecule has 0 bridgehead atoms. The quantitative estimate of drug-likeness (QED) is 0.334. The Bertz CT molecular complexity index is 453. The fraction of sp³-hybridized carbons (Fsp3) is 0.889. The van der Waals surface area contributed by atoms with Crippen molar-refractivity contribution < 1.29 is 4.79 Å². The van der Waals surface area contributed by atoms with Crippen molar-refractivity contribution in [2.24, 2.45) is 16.6 Å². The van der Waals surface area contributed by atoms with Crippen molar-refractivity contribution >= 4 is 35.8 Å². The number of piperidine rings is 1. The Hall–Kier alpha value is -0.610. The van der Waals surface area contributed by atoms with E-state index in [-0.39, 0.29) is 29.9 Å². The summed E-state index contributed by atoms with van der Waals surface area (Å²) in [7, 11) is 2.18. The first-order chi connectivity index (χ1) is 12.0. The van der Waals surface area contributed by atoms with Gasteiger partial charge < -0.3 is 20.9 Å². The van der Waals surface area contributed by atoms with Crippen molar-refractivity contribution in [3.63, 3.8) is 0 Å². The molecule has 2 unspecified atom stereocenters. The van der Waals surface area contributed by atoms with Crippen molar-refractivity contribution in [1.29, 1.82) is 0 Å². The number of primary amides is 1. The summed E-state index contributed by atoms with van der Waals surface area (Å²) in [6, 6.07) is 0.452. The minimum atomic E-state index is -0.197. The third-order valence-corrected chi connectivity index (χ3v) is 5.31. The number of rotatable bonds is 6. The van der Waals surface area contributed by atoms with Gasteiger partial charge in [0.25, 0.3) is 0 Å². The van der Waals surface area contributed by atoms with E-state index in [2.05, 4.69) is 40.9 Å². The molecule has 0 aromatic carbocycles. The van der Waals surface area contributed by atoms with E-state index >= 15 is 0 Å². The Kier molecular flexibility index (Phi) is 10.8. The third-order valence-electron chi connectivity index (χ3n) is 5.31. The molecular formula is C18H37IN6O. The van der Waals surface area contributed by atoms with Crippen LogP contribution in [0, 0.1) is 5.92 Å². The number of carbonyl (C=O) groups excluding carboxylic acids is 1. The van der Waals surface area contributed by atoms with E-state index in [1.165, 1.54) is 0 Å². The van der Waals surface area contributed by atoms with Gasteiger partial charge in [0.15, 0.2) is 5.96 Å². The number of halogens is 1. The second-order valence-electron chi connectivity index (χ2n) is 7.51. The molecule has 0 aliphatic carbocycles. The molecule has 0 aromatic rings. The van der Waals surface area contributed by atoms with Gasteiger partial charge in [-0.3, -0.25) is 14.7 Å². The number of likely N-dealkylation sites (tertiary alicyclic amines) is 1. The van der Waals surface area contributed by atoms with E-state index in [1.54, 1.807) is 0 Å². The van der Waals surface area contributed by atoms with Crippen LogP contribution in [-0.2, 0) is 4.79 Å². The predicted octanol–water partition coefficient (Wildman–Crippen LogP) is 0.793. The second-order valence-corrected chi connectivity index (χ2v) is 7.51. The number of carbonyl (C=O) groups is 1. The van der Waals surface area contributed by atoms with Crippen molar-refractivity contribution in [2.45, 2.75) is 39.2 Å². The average Bonchev–Trinajstić information content (AvgIpc) is 2.58. The smallest absolute Gasteiger partial charge is 0.217 e. The minimum Gasteiger partial charge on any atom is -0.370 e. The summed E-state index contributed by atoms with van der Waals surface area (Å²) in [5, 5.41) is 3.42. The van der Waals surface area contributed by atoms with E-state index in [9.17, 15) is 4.79 Å². The summed E-state index contributed by atoms with van der Waals surface area (Å²) in [6.07, 6.45) is 2.65. The Labute approximate surface area is 175 Å². The van der Waals surface area contributed by atoms with Crippen molar-refractivity contribution in [3.8, 4) is 0 Å². The van der Waals surface area contributed by atoms with E-state index < -0.39 is 0 Å². The van der Waals surface area contributed by atoms with Crippen LogP contribution in [0.4, 0.5) is 0 Å². The molecule has 2 saturated heterocycles. The van der Waals surface area contributed by atoms with Crippen LogP contribution in [-0.4, -0.2) is 92.0 Å². The van der Waals surface area contributed by atoms with E-state index in [4.69, 9.17) is 10.7 Å². The predicted molar refractivity (Wildman–Crippen MR) is 118 cm³/mol. The zero-order valence-corrected chi connectivity index (χ0v) is 18.9. The first-order valence-corrected chi connectivity index (χ1v) is 9.73. The van der Waals surface area contributed by atoms with E-state index in [1.807, 2.05) is 0 Å². The molecule has 0 spiro atoms. The summed E-state index contributed by atoms with van der Waals surface area (Å²) in [4.78, 5) is 23.3. The van der Waals surface area contributed by atoms with Gasteiger partial charge in [-0.25, -0.2) is 0 Å². The van der Waals surface area contributed by atoms with Crippen LogP contribution in [0.25, 0.3) is 0 Å². The van der Waals surface area contributed by atoms with Crippen LogP contribution < -0.4 is 11.1 Å². The van der Waals surface area contributed by atoms with Gasteiger partial charge in [0.1, 0.15) is 0 Å². The van der Waals surface area contributed by atoms with Gasteiger partial charge in [0.05, 0.1) is 6.54 Å². The first-order valence-electron chi connectivity index (χ1n) is 9.73. The molecule has 3 N–H and O–H groups in total. The van der Waals surface area contributed by atoms with Crippen LogP contribution in [0.3, 0.4) is 0 Å². The molecule has 8 heteroatoms. The summed E-state index contributed by atoms with van der Waals surface area (Å²) in [5.74, 6) is 1.14. The molecule has 0 aromatic heterocycles. The van der Waals surface area contributed by atoms with Crippen LogP contribution >= 0.6 is 24.0 Å². The van der Waals surface area contributed by atoms with Gasteiger partial charge in [-0.1, -0.05) is 0 Å². The number of nitrogens with zero attached hydrogens (tertiary/aromatic N) is 4. The standard InChI is InChI=1S/C18H36N6O.HI/c1-4-20-18(24-7-5-6-16(14-24)12-17(19)25)21-13-15(2)23-10-8-22(3)9-11-23;/h15-16H,4-14H2,1-3H3,(H2,19,25)(H,20,21);1H. The van der Waals surface area contributed by atoms with Gasteiger partial charge in [-0.15, -0.1) is 24.0 Å². The summed E-state index contributed by atoms with van der Waals surface area (Å²) in [6.45, 7) is 12.4. The highest BCUT2D eigenvalue weighted by atomic mass is 127. The van der Waals surface area contributed by atoms with Crippen LogP contribution in [0.15, 0.2) is 4.99 Å². The maximum absolute atomic E-state index is 11.2. The number of hydrogen-bond donors (Lipinski definition) is 2. The fourth-order valence-corrected chi connectivity index (χ4v) is 3.73. The first kappa shape index (κ1) is 23.4. The topological polar surface area (TPSA) is 77.2 Å². The molecule has 2 heterocycles. The average molecular weight is 480 g/mol. The van der Waals surface area contributed by atoms with Crippen LogP contribution in [0.1, 0.15) is 33.1 Å². The lowest BCUT2D eigenvalue weighted by Crippen LogP contribution is -2.50. The molecule has 0 saturated carbocycles. The molecule has 2 aliphatic rings. The summed E-state index contributed by atoms with van der Waals surface area (Å²) >= 11 is 0. The lowest BCUT2D eigenvalue weighted by atomic mass is 9.95. The third kappa shape index (κ3) is 7.56. The number of aliphatic imine (C=N–C) groups is 1. The number of amides is 1. The van der Waals surface area contributed by atoms with Gasteiger partial charge in [-0.2, -0.15) is 0 Å². The summed E-state index contributed by atoms with van der Waals surface area (Å²) < 4.78 is 0. The molecule has 1 amide bonds. The largest absolute Gasteiger partial charge is 0.370 e. The zero-order chi connectivity index (χ0) is 18.2. The Morgan fingerprint density at radius 3 is 2.58 bits per heavy atom. The van der Waals surface area contributed by atoms with Crippen molar-refractivity contribution in [1.82, 2.24) is 20.0 Å². The molecule has 2 atom stereocenters. The number of nitrogens with one attached hydrogen (secondary N) is 1. The molecule has 0 radical (unpaired) electrons. The molecule has 7 nitrogen and oxygen atoms in total. The van der Waals surface area contributed by atoms with Gasteiger partial charge in [-0.05, 0) is 39.7 Å². The van der Waals surface area contributed by atoms with E-state index in [0.29, 0.717) is 18.4 Å². The number of nitrogens with two attached hydrogens (primary N) is 1. The highest BCUT2D eigenvalue weighted by Crippen LogP contribution is 2.19. The van der Waals surface area contributed by atoms with Gasteiger partial charge in [0, 0.05) is 58.3 Å². The molecule has 2 aliphatic heterocycles. The normalized spacial score (nSPS) is 24.0. The molecule has 2 fully saturated rings. The lowest BCUT2D eigenvalue weighted by molar-refractivity contribution is -0.119. The SMILES string of the molecule is CCNC(=NCC(C)N1CCN(C)CC1)N1CCCC(CC(N)=O)C1.I. The molecule has 2 rings (SSSR count). The minimum absolute atomic E-state index is 0. The van der Waals surface area contributed by atoms with E-state index in [0.717, 1.165) is 71.2 Å². The monoisotopic (exact) mass is 480 g/mol. The zero-order valence-electron chi connectivity index (χ0n) is 16.6. The Morgan fingerprint density at radius 1 is 1.27 bits per heavy atom. The van der Waals surface area contributed by atoms with Gasteiger partial charge in [0.2, 0.25) is 5.91 Å². The second kappa shape index (κ2) is 12.0. The maximum Gasteiger partial charge on any atom is 0.217 e. The number of hydrogen-bond acceptors (Lipinski definition) is 4. The van der Waals surface area contributed by atoms with Crippen molar-refractivity contribution in [3.05, 3.63) is 0 Å². The highest BCUT2D eigenvalue weighted by molar-refractivity contribution is 14.0. The lowest BCUT2D eigenvalue weighted by Gasteiger charge is -2.37. The molecule has 26 heavy (non-hydrogen) atoms.